The Morgan fingerprint density at radius 3 is 2.64 bits per heavy atom. The number of aliphatic hydroxyl groups excluding tert-OH is 2. The van der Waals surface area contributed by atoms with Gasteiger partial charge in [0.1, 0.15) is 28.5 Å². The number of hydrogen-bond acceptors (Lipinski definition) is 3. The molecule has 150 valence electrons. The van der Waals surface area contributed by atoms with E-state index in [9.17, 15) is 15.0 Å². The maximum absolute atomic E-state index is 15.6. The maximum atomic E-state index is 15.6. The minimum Gasteiger partial charge on any atom is -0.393 e. The third kappa shape index (κ3) is 2.11. The van der Waals surface area contributed by atoms with Gasteiger partial charge in [-0.15, -0.1) is 0 Å². The molecule has 2 N–H and O–H groups in total. The molecular formula is C22H31B2FO3. The second-order valence-electron chi connectivity index (χ2n) is 10.5. The Kier molecular flexibility index (Phi) is 4.28. The van der Waals surface area contributed by atoms with Crippen molar-refractivity contribution in [2.24, 2.45) is 22.7 Å². The van der Waals surface area contributed by atoms with E-state index in [4.69, 9.17) is 0 Å². The third-order valence-electron chi connectivity index (χ3n) is 9.73. The normalized spacial score (nSPS) is 52.5. The summed E-state index contributed by atoms with van der Waals surface area (Å²) in [6.07, 6.45) is 6.51. The largest absolute Gasteiger partial charge is 0.393 e. The molecule has 6 unspecified atom stereocenters. The maximum Gasteiger partial charge on any atom is 0.161 e. The van der Waals surface area contributed by atoms with Gasteiger partial charge in [0.15, 0.2) is 5.78 Å². The summed E-state index contributed by atoms with van der Waals surface area (Å²) < 4.78 is 15.6. The molecule has 0 aromatic carbocycles. The first-order chi connectivity index (χ1) is 13.0. The predicted molar refractivity (Wildman–Crippen MR) is 113 cm³/mol. The number of allylic oxidation sites excluding steroid dienone is 5. The fourth-order valence-electron chi connectivity index (χ4n) is 8.00. The molecule has 4 aliphatic carbocycles. The van der Waals surface area contributed by atoms with Crippen molar-refractivity contribution in [1.29, 1.82) is 0 Å². The van der Waals surface area contributed by atoms with Crippen molar-refractivity contribution in [3.8, 4) is 0 Å². The van der Waals surface area contributed by atoms with E-state index in [0.717, 1.165) is 17.6 Å². The summed E-state index contributed by atoms with van der Waals surface area (Å²) in [5, 5.41) is 20.1. The quantitative estimate of drug-likeness (QED) is 0.714. The van der Waals surface area contributed by atoms with Crippen LogP contribution in [0, 0.1) is 22.7 Å². The topological polar surface area (TPSA) is 57.5 Å². The van der Waals surface area contributed by atoms with Crippen LogP contribution in [0.25, 0.3) is 0 Å². The fraction of sp³-hybridized carbons (Fsp3) is 0.682. The molecule has 4 rings (SSSR count). The Bertz CT molecular complexity index is 810. The molecule has 3 fully saturated rings. The fourth-order valence-corrected chi connectivity index (χ4v) is 8.00. The van der Waals surface area contributed by atoms with Gasteiger partial charge in [0.25, 0.3) is 0 Å². The van der Waals surface area contributed by atoms with Gasteiger partial charge in [0.2, 0.25) is 0 Å². The van der Waals surface area contributed by atoms with E-state index >= 15 is 4.39 Å². The van der Waals surface area contributed by atoms with Gasteiger partial charge < -0.3 is 10.2 Å². The van der Waals surface area contributed by atoms with Crippen LogP contribution in [0.4, 0.5) is 4.39 Å². The van der Waals surface area contributed by atoms with Crippen LogP contribution in [0.3, 0.4) is 0 Å². The van der Waals surface area contributed by atoms with Crippen molar-refractivity contribution >= 4 is 21.5 Å². The van der Waals surface area contributed by atoms with E-state index in [1.54, 1.807) is 0 Å². The lowest BCUT2D eigenvalue weighted by molar-refractivity contribution is -0.137. The minimum atomic E-state index is -1.09. The molecule has 28 heavy (non-hydrogen) atoms. The number of alkyl halides is 1. The standard InChI is InChI=1S/C22H31B2FO3/c1-12-6-7-20(3)14(8-12)15(25)9-21(23)17-5-4-13(16(27)11-26)19(17,2)10-18(28)22(20,21)24/h6-8,13,15,17-18,26,28H,1,4-5,9-11,23-24H2,2-3H3/t13?,15-,17?,18?,19?,20?,21?,22-/m0/s1. The highest BCUT2D eigenvalue weighted by Gasteiger charge is 2.73. The van der Waals surface area contributed by atoms with E-state index < -0.39 is 40.3 Å². The van der Waals surface area contributed by atoms with Crippen molar-refractivity contribution in [1.82, 2.24) is 0 Å². The third-order valence-corrected chi connectivity index (χ3v) is 9.73. The summed E-state index contributed by atoms with van der Waals surface area (Å²) in [6, 6.07) is 0. The number of halogens is 1. The summed E-state index contributed by atoms with van der Waals surface area (Å²) >= 11 is 0. The highest BCUT2D eigenvalue weighted by molar-refractivity contribution is 6.28. The molecule has 0 aromatic rings. The van der Waals surface area contributed by atoms with Crippen LogP contribution < -0.4 is 0 Å². The minimum absolute atomic E-state index is 0.129. The number of ketones is 1. The lowest BCUT2D eigenvalue weighted by Crippen LogP contribution is -2.65. The molecule has 0 radical (unpaired) electrons. The lowest BCUT2D eigenvalue weighted by Gasteiger charge is -2.71. The highest BCUT2D eigenvalue weighted by atomic mass is 19.1. The van der Waals surface area contributed by atoms with Crippen LogP contribution in [0.5, 0.6) is 0 Å². The number of aliphatic hydroxyl groups is 2. The van der Waals surface area contributed by atoms with Crippen molar-refractivity contribution in [2.45, 2.75) is 62.4 Å². The first kappa shape index (κ1) is 20.2. The van der Waals surface area contributed by atoms with E-state index in [0.29, 0.717) is 19.3 Å². The van der Waals surface area contributed by atoms with E-state index in [1.165, 1.54) is 0 Å². The average Bonchev–Trinajstić information content (AvgIpc) is 2.97. The van der Waals surface area contributed by atoms with Crippen LogP contribution in [-0.4, -0.2) is 50.6 Å². The summed E-state index contributed by atoms with van der Waals surface area (Å²) in [7, 11) is 4.26. The Hall–Kier alpha value is -1.13. The molecule has 0 heterocycles. The molecule has 6 heteroatoms. The van der Waals surface area contributed by atoms with Crippen LogP contribution in [-0.2, 0) is 4.79 Å². The predicted octanol–water partition coefficient (Wildman–Crippen LogP) is 1.73. The number of hydrogen-bond donors (Lipinski definition) is 2. The molecular weight excluding hydrogens is 353 g/mol. The first-order valence-corrected chi connectivity index (χ1v) is 10.5. The van der Waals surface area contributed by atoms with Crippen LogP contribution in [0.15, 0.2) is 36.0 Å². The smallest absolute Gasteiger partial charge is 0.161 e. The van der Waals surface area contributed by atoms with Gasteiger partial charge in [-0.1, -0.05) is 44.0 Å². The Morgan fingerprint density at radius 1 is 1.32 bits per heavy atom. The summed E-state index contributed by atoms with van der Waals surface area (Å²) in [5.41, 5.74) is 0.517. The lowest BCUT2D eigenvalue weighted by atomic mass is 9.23. The van der Waals surface area contributed by atoms with Crippen molar-refractivity contribution in [3.05, 3.63) is 36.0 Å². The highest BCUT2D eigenvalue weighted by Crippen LogP contribution is 2.81. The average molecular weight is 384 g/mol. The molecule has 4 aliphatic rings. The van der Waals surface area contributed by atoms with Gasteiger partial charge in [0.05, 0.1) is 6.10 Å². The van der Waals surface area contributed by atoms with E-state index in [1.807, 2.05) is 18.2 Å². The second kappa shape index (κ2) is 5.95. The molecule has 0 amide bonds. The SMILES string of the molecule is BC12C[C@H](F)C3=CC(=C)C=CC3(C)[C@@]1(B)C(O)CC1(C)C(C(=O)CO)CCC12. The molecule has 3 saturated carbocycles. The van der Waals surface area contributed by atoms with Gasteiger partial charge in [0, 0.05) is 11.3 Å². The second-order valence-corrected chi connectivity index (χ2v) is 10.5. The Labute approximate surface area is 169 Å². The van der Waals surface area contributed by atoms with Crippen LogP contribution >= 0.6 is 0 Å². The summed E-state index contributed by atoms with van der Waals surface area (Å²) in [5.74, 6) is -0.273. The van der Waals surface area contributed by atoms with Crippen molar-refractivity contribution < 1.29 is 19.4 Å². The van der Waals surface area contributed by atoms with Crippen molar-refractivity contribution in [2.75, 3.05) is 6.61 Å². The van der Waals surface area contributed by atoms with Crippen molar-refractivity contribution in [3.63, 3.8) is 0 Å². The summed E-state index contributed by atoms with van der Waals surface area (Å²) in [6.45, 7) is 7.66. The van der Waals surface area contributed by atoms with Crippen LogP contribution in [0.2, 0.25) is 10.6 Å². The molecule has 0 saturated heterocycles. The van der Waals surface area contributed by atoms with Gasteiger partial charge in [-0.2, -0.15) is 0 Å². The van der Waals surface area contributed by atoms with Crippen LogP contribution in [0.1, 0.15) is 39.5 Å². The molecule has 0 aromatic heterocycles. The zero-order valence-corrected chi connectivity index (χ0v) is 17.5. The zero-order valence-electron chi connectivity index (χ0n) is 17.5. The van der Waals surface area contributed by atoms with Gasteiger partial charge in [-0.3, -0.25) is 4.79 Å². The molecule has 0 aliphatic heterocycles. The van der Waals surface area contributed by atoms with Gasteiger partial charge in [-0.05, 0) is 53.5 Å². The number of carbonyl (C=O) groups excluding carboxylic acids is 1. The molecule has 0 bridgehead atoms. The number of Topliss-reactive ketones (excluding diaryl/α,β-unsaturated/α-hetero) is 1. The van der Waals surface area contributed by atoms with E-state index in [2.05, 4.69) is 36.1 Å². The Balaban J connectivity index is 1.88. The number of fused-ring (bicyclic) bond motifs is 5. The van der Waals surface area contributed by atoms with Gasteiger partial charge >= 0.3 is 0 Å². The molecule has 0 spiro atoms. The number of rotatable bonds is 2. The zero-order chi connectivity index (χ0) is 20.7. The van der Waals surface area contributed by atoms with Gasteiger partial charge in [-0.25, -0.2) is 4.39 Å². The van der Waals surface area contributed by atoms with E-state index in [-0.39, 0.29) is 17.6 Å². The molecule has 8 atom stereocenters. The monoisotopic (exact) mass is 384 g/mol. The Morgan fingerprint density at radius 2 is 2.00 bits per heavy atom. The number of carbonyl (C=O) groups is 1. The first-order valence-electron chi connectivity index (χ1n) is 10.5. The molecule has 3 nitrogen and oxygen atoms in total. The summed E-state index contributed by atoms with van der Waals surface area (Å²) in [4.78, 5) is 12.5.